The average molecular weight is 316 g/mol. The standard InChI is InChI=1S/C12H10ClNO3S2/c1-6-5-19-10(8(6)13)11(15)14-7-3-4-18-9(7)12(16)17-2/h3-5H,1-2H3,(H,14,15). The molecule has 0 aromatic carbocycles. The van der Waals surface area contributed by atoms with E-state index in [2.05, 4.69) is 10.1 Å². The summed E-state index contributed by atoms with van der Waals surface area (Å²) in [4.78, 5) is 24.4. The molecule has 0 spiro atoms. The molecule has 1 N–H and O–H groups in total. The number of carbonyl (C=O) groups excluding carboxylic acids is 2. The van der Waals surface area contributed by atoms with Crippen LogP contribution in [0.15, 0.2) is 16.8 Å². The summed E-state index contributed by atoms with van der Waals surface area (Å²) in [6.07, 6.45) is 0. The van der Waals surface area contributed by atoms with Crippen LogP contribution in [0.3, 0.4) is 0 Å². The number of amides is 1. The SMILES string of the molecule is COC(=O)c1sccc1NC(=O)c1scc(C)c1Cl. The van der Waals surface area contributed by atoms with Gasteiger partial charge in [0.15, 0.2) is 0 Å². The van der Waals surface area contributed by atoms with E-state index < -0.39 is 5.97 Å². The first-order valence-electron chi connectivity index (χ1n) is 5.25. The van der Waals surface area contributed by atoms with Gasteiger partial charge < -0.3 is 10.1 Å². The topological polar surface area (TPSA) is 55.4 Å². The number of thiophene rings is 2. The highest BCUT2D eigenvalue weighted by Crippen LogP contribution is 2.29. The maximum absolute atomic E-state index is 12.1. The molecule has 4 nitrogen and oxygen atoms in total. The third-order valence-corrected chi connectivity index (χ3v) is 4.98. The number of hydrogen-bond donors (Lipinski definition) is 1. The predicted molar refractivity (Wildman–Crippen MR) is 77.7 cm³/mol. The normalized spacial score (nSPS) is 10.3. The zero-order chi connectivity index (χ0) is 14.0. The van der Waals surface area contributed by atoms with E-state index in [1.54, 1.807) is 11.4 Å². The molecule has 0 radical (unpaired) electrons. The van der Waals surface area contributed by atoms with Gasteiger partial charge in [0, 0.05) is 0 Å². The third kappa shape index (κ3) is 2.80. The quantitative estimate of drug-likeness (QED) is 0.876. The van der Waals surface area contributed by atoms with Crippen LogP contribution in [-0.2, 0) is 4.74 Å². The molecule has 2 rings (SSSR count). The first-order valence-corrected chi connectivity index (χ1v) is 7.39. The predicted octanol–water partition coefficient (Wildman–Crippen LogP) is 3.81. The van der Waals surface area contributed by atoms with Crippen molar-refractivity contribution in [2.75, 3.05) is 12.4 Å². The lowest BCUT2D eigenvalue weighted by atomic mass is 10.3. The van der Waals surface area contributed by atoms with Gasteiger partial charge in [-0.25, -0.2) is 4.79 Å². The summed E-state index contributed by atoms with van der Waals surface area (Å²) in [7, 11) is 1.30. The van der Waals surface area contributed by atoms with Gasteiger partial charge in [-0.3, -0.25) is 4.79 Å². The molecule has 0 unspecified atom stereocenters. The first kappa shape index (κ1) is 14.0. The van der Waals surface area contributed by atoms with E-state index in [-0.39, 0.29) is 5.91 Å². The molecular weight excluding hydrogens is 306 g/mol. The summed E-state index contributed by atoms with van der Waals surface area (Å²) in [5.41, 5.74) is 1.29. The average Bonchev–Trinajstić information content (AvgIpc) is 2.97. The number of rotatable bonds is 3. The molecule has 7 heteroatoms. The molecule has 100 valence electrons. The minimum Gasteiger partial charge on any atom is -0.465 e. The molecule has 0 fully saturated rings. The van der Waals surface area contributed by atoms with Crippen molar-refractivity contribution in [3.63, 3.8) is 0 Å². The molecule has 0 bridgehead atoms. The molecule has 2 heterocycles. The highest BCUT2D eigenvalue weighted by molar-refractivity contribution is 7.13. The Bertz CT molecular complexity index is 633. The van der Waals surface area contributed by atoms with Gasteiger partial charge in [-0.05, 0) is 29.3 Å². The van der Waals surface area contributed by atoms with E-state index in [0.29, 0.717) is 20.5 Å². The van der Waals surface area contributed by atoms with Crippen LogP contribution in [0, 0.1) is 6.92 Å². The van der Waals surface area contributed by atoms with Gasteiger partial charge in [-0.15, -0.1) is 22.7 Å². The Morgan fingerprint density at radius 2 is 2.05 bits per heavy atom. The highest BCUT2D eigenvalue weighted by atomic mass is 35.5. The molecule has 19 heavy (non-hydrogen) atoms. The Morgan fingerprint density at radius 1 is 1.32 bits per heavy atom. The van der Waals surface area contributed by atoms with Crippen LogP contribution < -0.4 is 5.32 Å². The molecule has 0 saturated heterocycles. The van der Waals surface area contributed by atoms with Gasteiger partial charge in [-0.2, -0.15) is 0 Å². The number of aryl methyl sites for hydroxylation is 1. The van der Waals surface area contributed by atoms with Crippen molar-refractivity contribution >= 4 is 51.8 Å². The van der Waals surface area contributed by atoms with Crippen molar-refractivity contribution < 1.29 is 14.3 Å². The van der Waals surface area contributed by atoms with E-state index in [0.717, 1.165) is 5.56 Å². The number of hydrogen-bond acceptors (Lipinski definition) is 5. The fourth-order valence-electron chi connectivity index (χ4n) is 1.42. The van der Waals surface area contributed by atoms with Gasteiger partial charge in [0.05, 0.1) is 17.8 Å². The number of halogens is 1. The second-order valence-corrected chi connectivity index (χ2v) is 5.84. The Kier molecular flexibility index (Phi) is 4.24. The van der Waals surface area contributed by atoms with Crippen molar-refractivity contribution in [3.8, 4) is 0 Å². The molecule has 2 aromatic heterocycles. The van der Waals surface area contributed by atoms with Gasteiger partial charge in [0.2, 0.25) is 0 Å². The number of anilines is 1. The third-order valence-electron chi connectivity index (χ3n) is 2.39. The van der Waals surface area contributed by atoms with Crippen LogP contribution >= 0.6 is 34.3 Å². The van der Waals surface area contributed by atoms with Crippen molar-refractivity contribution in [1.82, 2.24) is 0 Å². The van der Waals surface area contributed by atoms with E-state index in [9.17, 15) is 9.59 Å². The van der Waals surface area contributed by atoms with E-state index in [1.165, 1.54) is 29.8 Å². The smallest absolute Gasteiger partial charge is 0.350 e. The molecule has 2 aromatic rings. The van der Waals surface area contributed by atoms with E-state index in [1.807, 2.05) is 12.3 Å². The number of esters is 1. The van der Waals surface area contributed by atoms with Crippen LogP contribution in [0.4, 0.5) is 5.69 Å². The van der Waals surface area contributed by atoms with Crippen LogP contribution in [0.25, 0.3) is 0 Å². The molecule has 0 aliphatic heterocycles. The second-order valence-electron chi connectivity index (χ2n) is 3.67. The van der Waals surface area contributed by atoms with Gasteiger partial charge in [0.1, 0.15) is 9.75 Å². The van der Waals surface area contributed by atoms with Crippen LogP contribution in [-0.4, -0.2) is 19.0 Å². The van der Waals surface area contributed by atoms with Crippen molar-refractivity contribution in [2.45, 2.75) is 6.92 Å². The molecule has 0 saturated carbocycles. The lowest BCUT2D eigenvalue weighted by Crippen LogP contribution is -2.13. The first-order chi connectivity index (χ1) is 9.04. The molecule has 0 aliphatic rings. The summed E-state index contributed by atoms with van der Waals surface area (Å²) in [5, 5.41) is 6.64. The fourth-order valence-corrected chi connectivity index (χ4v) is 3.36. The molecule has 1 amide bonds. The number of methoxy groups -OCH3 is 1. The second kappa shape index (κ2) is 5.73. The van der Waals surface area contributed by atoms with Crippen LogP contribution in [0.5, 0.6) is 0 Å². The van der Waals surface area contributed by atoms with Gasteiger partial charge in [-0.1, -0.05) is 11.6 Å². The summed E-state index contributed by atoms with van der Waals surface area (Å²) >= 11 is 8.51. The van der Waals surface area contributed by atoms with Crippen LogP contribution in [0.1, 0.15) is 24.9 Å². The largest absolute Gasteiger partial charge is 0.465 e. The lowest BCUT2D eigenvalue weighted by Gasteiger charge is -2.04. The van der Waals surface area contributed by atoms with Crippen molar-refractivity contribution in [2.24, 2.45) is 0 Å². The van der Waals surface area contributed by atoms with Crippen LogP contribution in [0.2, 0.25) is 5.02 Å². The van der Waals surface area contributed by atoms with Crippen molar-refractivity contribution in [3.05, 3.63) is 37.2 Å². The molecule has 0 aliphatic carbocycles. The lowest BCUT2D eigenvalue weighted by molar-refractivity contribution is 0.0607. The fraction of sp³-hybridized carbons (Fsp3) is 0.167. The highest BCUT2D eigenvalue weighted by Gasteiger charge is 2.19. The van der Waals surface area contributed by atoms with Gasteiger partial charge >= 0.3 is 5.97 Å². The Labute approximate surface area is 123 Å². The Morgan fingerprint density at radius 3 is 2.63 bits per heavy atom. The Balaban J connectivity index is 2.23. The zero-order valence-corrected chi connectivity index (χ0v) is 12.5. The Hall–Kier alpha value is -1.37. The summed E-state index contributed by atoms with van der Waals surface area (Å²) in [6, 6.07) is 1.66. The molecule has 0 atom stereocenters. The maximum atomic E-state index is 12.1. The van der Waals surface area contributed by atoms with Crippen molar-refractivity contribution in [1.29, 1.82) is 0 Å². The summed E-state index contributed by atoms with van der Waals surface area (Å²) in [6.45, 7) is 1.83. The minimum absolute atomic E-state index is 0.327. The zero-order valence-electron chi connectivity index (χ0n) is 10.2. The van der Waals surface area contributed by atoms with E-state index in [4.69, 9.17) is 11.6 Å². The summed E-state index contributed by atoms with van der Waals surface area (Å²) < 4.78 is 4.65. The number of nitrogens with one attached hydrogen (secondary N) is 1. The number of carbonyl (C=O) groups is 2. The minimum atomic E-state index is -0.473. The van der Waals surface area contributed by atoms with E-state index >= 15 is 0 Å². The summed E-state index contributed by atoms with van der Waals surface area (Å²) in [5.74, 6) is -0.801. The molecular formula is C12H10ClNO3S2. The monoisotopic (exact) mass is 315 g/mol. The number of ether oxygens (including phenoxy) is 1. The maximum Gasteiger partial charge on any atom is 0.350 e. The van der Waals surface area contributed by atoms with Gasteiger partial charge in [0.25, 0.3) is 5.91 Å².